The normalized spacial score (nSPS) is 24.9. The Labute approximate surface area is 209 Å². The first-order chi connectivity index (χ1) is 17.1. The molecule has 35 heavy (non-hydrogen) atoms. The smallest absolute Gasteiger partial charge is 0.201 e. The first-order valence-corrected chi connectivity index (χ1v) is 13.5. The van der Waals surface area contributed by atoms with E-state index in [4.69, 9.17) is 14.2 Å². The summed E-state index contributed by atoms with van der Waals surface area (Å²) in [5.74, 6) is -0.408. The van der Waals surface area contributed by atoms with Gasteiger partial charge in [0.2, 0.25) is 5.82 Å². The lowest BCUT2D eigenvalue weighted by Crippen LogP contribution is -2.26. The van der Waals surface area contributed by atoms with Gasteiger partial charge >= 0.3 is 0 Å². The highest BCUT2D eigenvalue weighted by atomic mass is 19.2. The lowest BCUT2D eigenvalue weighted by Gasteiger charge is -2.31. The van der Waals surface area contributed by atoms with E-state index in [9.17, 15) is 8.78 Å². The first kappa shape index (κ1) is 26.1. The summed E-state index contributed by atoms with van der Waals surface area (Å²) in [6.07, 6.45) is 11.2. The minimum atomic E-state index is -1.00. The van der Waals surface area contributed by atoms with Crippen LogP contribution in [-0.4, -0.2) is 19.8 Å². The predicted molar refractivity (Wildman–Crippen MR) is 135 cm³/mol. The van der Waals surface area contributed by atoms with Gasteiger partial charge in [-0.2, -0.15) is 4.39 Å². The Morgan fingerprint density at radius 2 is 1.43 bits per heavy atom. The Balaban J connectivity index is 1.26. The van der Waals surface area contributed by atoms with Crippen LogP contribution in [-0.2, 0) is 9.47 Å². The fraction of sp³-hybridized carbons (Fsp3) is 0.600. The molecular formula is C30H40F2O3. The van der Waals surface area contributed by atoms with Crippen molar-refractivity contribution >= 4 is 0 Å². The van der Waals surface area contributed by atoms with Gasteiger partial charge in [0.15, 0.2) is 17.9 Å². The zero-order valence-corrected chi connectivity index (χ0v) is 21.2. The average molecular weight is 487 g/mol. The Morgan fingerprint density at radius 1 is 0.771 bits per heavy atom. The van der Waals surface area contributed by atoms with E-state index in [1.165, 1.54) is 75.5 Å². The third kappa shape index (κ3) is 6.62. The molecule has 0 spiro atoms. The molecular weight excluding hydrogens is 446 g/mol. The summed E-state index contributed by atoms with van der Waals surface area (Å²) in [6.45, 7) is 5.08. The van der Waals surface area contributed by atoms with Crippen LogP contribution in [0.5, 0.6) is 5.75 Å². The fourth-order valence-electron chi connectivity index (χ4n) is 5.56. The minimum absolute atomic E-state index is 0.0701. The molecule has 2 fully saturated rings. The highest BCUT2D eigenvalue weighted by molar-refractivity contribution is 5.32. The van der Waals surface area contributed by atoms with Crippen molar-refractivity contribution in [2.75, 3.05) is 19.8 Å². The highest BCUT2D eigenvalue weighted by Gasteiger charge is 2.29. The van der Waals surface area contributed by atoms with Crippen molar-refractivity contribution in [1.82, 2.24) is 0 Å². The zero-order chi connectivity index (χ0) is 24.6. The topological polar surface area (TPSA) is 27.7 Å². The van der Waals surface area contributed by atoms with Crippen molar-refractivity contribution in [2.45, 2.75) is 89.8 Å². The molecule has 2 aliphatic rings. The lowest BCUT2D eigenvalue weighted by atomic mass is 9.77. The first-order valence-electron chi connectivity index (χ1n) is 13.5. The van der Waals surface area contributed by atoms with Gasteiger partial charge in [0.25, 0.3) is 0 Å². The monoisotopic (exact) mass is 486 g/mol. The van der Waals surface area contributed by atoms with Crippen molar-refractivity contribution < 1.29 is 23.0 Å². The molecule has 1 saturated carbocycles. The fourth-order valence-corrected chi connectivity index (χ4v) is 5.56. The van der Waals surface area contributed by atoms with Gasteiger partial charge in [0.05, 0.1) is 19.8 Å². The second kappa shape index (κ2) is 12.8. The molecule has 0 N–H and O–H groups in total. The summed E-state index contributed by atoms with van der Waals surface area (Å²) >= 11 is 0. The third-order valence-electron chi connectivity index (χ3n) is 7.72. The van der Waals surface area contributed by atoms with E-state index in [-0.39, 0.29) is 23.8 Å². The molecule has 3 nitrogen and oxygen atoms in total. The summed E-state index contributed by atoms with van der Waals surface area (Å²) in [5, 5.41) is 0. The van der Waals surface area contributed by atoms with Crippen LogP contribution in [0, 0.1) is 17.6 Å². The molecule has 192 valence electrons. The second-order valence-corrected chi connectivity index (χ2v) is 10.1. The molecule has 1 heterocycles. The quantitative estimate of drug-likeness (QED) is 0.315. The van der Waals surface area contributed by atoms with Gasteiger partial charge in [-0.25, -0.2) is 4.39 Å². The molecule has 2 aromatic rings. The van der Waals surface area contributed by atoms with Crippen LogP contribution in [0.1, 0.15) is 106 Å². The number of hydrogen-bond acceptors (Lipinski definition) is 3. The third-order valence-corrected chi connectivity index (χ3v) is 7.72. The lowest BCUT2D eigenvalue weighted by molar-refractivity contribution is -0.193. The molecule has 0 radical (unpaired) electrons. The zero-order valence-electron chi connectivity index (χ0n) is 21.2. The standard InChI is InChI=1S/C30H40F2O3/c1-3-5-6-7-8-21-9-11-22(12-10-21)23-13-15-24(16-14-23)25-19-34-30(35-20-25)26-17-18-27(33-4-2)29(32)28(26)31/h13-18,21-22,25,30H,3-12,19-20H2,1-2H3. The number of benzene rings is 2. The average Bonchev–Trinajstić information content (AvgIpc) is 2.90. The van der Waals surface area contributed by atoms with Gasteiger partial charge in [-0.1, -0.05) is 63.3 Å². The summed E-state index contributed by atoms with van der Waals surface area (Å²) in [7, 11) is 0. The van der Waals surface area contributed by atoms with Gasteiger partial charge in [-0.05, 0) is 67.7 Å². The van der Waals surface area contributed by atoms with E-state index in [1.807, 2.05) is 0 Å². The maximum atomic E-state index is 14.5. The largest absolute Gasteiger partial charge is 0.491 e. The molecule has 1 aliphatic carbocycles. The Kier molecular flexibility index (Phi) is 9.56. The number of unbranched alkanes of at least 4 members (excludes halogenated alkanes) is 3. The number of rotatable bonds is 10. The Bertz CT molecular complexity index is 914. The van der Waals surface area contributed by atoms with E-state index >= 15 is 0 Å². The van der Waals surface area contributed by atoms with E-state index in [0.717, 1.165) is 11.5 Å². The Morgan fingerprint density at radius 3 is 2.06 bits per heavy atom. The van der Waals surface area contributed by atoms with Crippen molar-refractivity contribution in [1.29, 1.82) is 0 Å². The van der Waals surface area contributed by atoms with Crippen LogP contribution >= 0.6 is 0 Å². The van der Waals surface area contributed by atoms with Gasteiger partial charge in [-0.3, -0.25) is 0 Å². The maximum Gasteiger partial charge on any atom is 0.201 e. The molecule has 2 aromatic carbocycles. The molecule has 0 aromatic heterocycles. The van der Waals surface area contributed by atoms with Crippen molar-refractivity contribution in [2.24, 2.45) is 5.92 Å². The molecule has 1 saturated heterocycles. The molecule has 0 atom stereocenters. The number of hydrogen-bond donors (Lipinski definition) is 0. The van der Waals surface area contributed by atoms with Crippen LogP contribution in [0.4, 0.5) is 8.78 Å². The van der Waals surface area contributed by atoms with Gasteiger partial charge < -0.3 is 14.2 Å². The summed E-state index contributed by atoms with van der Waals surface area (Å²) < 4.78 is 45.5. The van der Waals surface area contributed by atoms with Crippen molar-refractivity contribution in [3.05, 3.63) is 64.7 Å². The van der Waals surface area contributed by atoms with Gasteiger partial charge in [0.1, 0.15) is 0 Å². The SMILES string of the molecule is CCCCCCC1CCC(c2ccc(C3COC(c4ccc(OCC)c(F)c4F)OC3)cc2)CC1. The second-order valence-electron chi connectivity index (χ2n) is 10.1. The van der Waals surface area contributed by atoms with Gasteiger partial charge in [-0.15, -0.1) is 0 Å². The summed E-state index contributed by atoms with van der Waals surface area (Å²) in [6, 6.07) is 11.8. The van der Waals surface area contributed by atoms with Gasteiger partial charge in [0, 0.05) is 11.5 Å². The van der Waals surface area contributed by atoms with Crippen molar-refractivity contribution in [3.63, 3.8) is 0 Å². The van der Waals surface area contributed by atoms with E-state index in [2.05, 4.69) is 31.2 Å². The molecule has 0 unspecified atom stereocenters. The predicted octanol–water partition coefficient (Wildman–Crippen LogP) is 8.44. The molecule has 4 rings (SSSR count). The van der Waals surface area contributed by atoms with E-state index < -0.39 is 17.9 Å². The Hall–Kier alpha value is -1.98. The van der Waals surface area contributed by atoms with Crippen LogP contribution in [0.15, 0.2) is 36.4 Å². The molecule has 0 amide bonds. The van der Waals surface area contributed by atoms with E-state index in [1.54, 1.807) is 6.92 Å². The number of halogens is 2. The van der Waals surface area contributed by atoms with Crippen LogP contribution in [0.2, 0.25) is 0 Å². The highest BCUT2D eigenvalue weighted by Crippen LogP contribution is 2.39. The molecule has 1 aliphatic heterocycles. The van der Waals surface area contributed by atoms with Crippen LogP contribution in [0.3, 0.4) is 0 Å². The summed E-state index contributed by atoms with van der Waals surface area (Å²) in [5.41, 5.74) is 2.66. The number of ether oxygens (including phenoxy) is 3. The van der Waals surface area contributed by atoms with Crippen molar-refractivity contribution in [3.8, 4) is 5.75 Å². The molecule has 5 heteroatoms. The summed E-state index contributed by atoms with van der Waals surface area (Å²) in [4.78, 5) is 0. The van der Waals surface area contributed by atoms with Crippen LogP contribution in [0.25, 0.3) is 0 Å². The van der Waals surface area contributed by atoms with E-state index in [0.29, 0.717) is 19.1 Å². The maximum absolute atomic E-state index is 14.5. The minimum Gasteiger partial charge on any atom is -0.491 e. The van der Waals surface area contributed by atoms with Crippen LogP contribution < -0.4 is 4.74 Å². The molecule has 0 bridgehead atoms.